The molecule has 3 aromatic carbocycles. The quantitative estimate of drug-likeness (QED) is 0.337. The average Bonchev–Trinajstić information content (AvgIpc) is 2.87. The third-order valence-corrected chi connectivity index (χ3v) is 5.49. The zero-order valence-corrected chi connectivity index (χ0v) is 19.9. The van der Waals surface area contributed by atoms with Crippen molar-refractivity contribution in [3.05, 3.63) is 107 Å². The number of hydrogen-bond donors (Lipinski definition) is 2. The van der Waals surface area contributed by atoms with E-state index in [-0.39, 0.29) is 11.8 Å². The predicted molar refractivity (Wildman–Crippen MR) is 143 cm³/mol. The Bertz CT molecular complexity index is 1470. The number of aliphatic imine (C=N–C) groups is 1. The highest BCUT2D eigenvalue weighted by Gasteiger charge is 2.12. The van der Waals surface area contributed by atoms with E-state index in [1.807, 2.05) is 80.6 Å². The number of pyridine rings is 1. The van der Waals surface area contributed by atoms with Crippen LogP contribution in [0.15, 0.2) is 89.9 Å². The van der Waals surface area contributed by atoms with Crippen LogP contribution in [0.25, 0.3) is 17.0 Å². The van der Waals surface area contributed by atoms with Crippen LogP contribution in [0.1, 0.15) is 38.9 Å². The molecule has 6 nitrogen and oxygen atoms in total. The molecular weight excluding hydrogens is 436 g/mol. The summed E-state index contributed by atoms with van der Waals surface area (Å²) in [6, 6.07) is 23.6. The van der Waals surface area contributed by atoms with Crippen LogP contribution in [-0.2, 0) is 0 Å². The Morgan fingerprint density at radius 1 is 0.829 bits per heavy atom. The summed E-state index contributed by atoms with van der Waals surface area (Å²) < 4.78 is 0. The standard InChI is InChI=1S/C29H26N4O2/c1-19(30-3)10-12-21-6-4-9-25(16-21)32-28(34)23-7-5-8-24(17-23)29(35)33-26-14-15-27-22(18-26)13-11-20(2)31-27/h4-18H,1-3H3,(H,32,34)(H,33,35)/b12-10-,30-19?. The van der Waals surface area contributed by atoms with Gasteiger partial charge in [0.1, 0.15) is 0 Å². The van der Waals surface area contributed by atoms with Gasteiger partial charge < -0.3 is 10.6 Å². The summed E-state index contributed by atoms with van der Waals surface area (Å²) in [5, 5.41) is 6.74. The van der Waals surface area contributed by atoms with Gasteiger partial charge in [0.05, 0.1) is 5.52 Å². The number of anilines is 2. The average molecular weight is 463 g/mol. The second-order valence-electron chi connectivity index (χ2n) is 8.17. The molecule has 0 radical (unpaired) electrons. The van der Waals surface area contributed by atoms with Crippen LogP contribution in [-0.4, -0.2) is 29.6 Å². The van der Waals surface area contributed by atoms with E-state index in [2.05, 4.69) is 20.6 Å². The lowest BCUT2D eigenvalue weighted by Gasteiger charge is -2.09. The van der Waals surface area contributed by atoms with Crippen LogP contribution in [0.2, 0.25) is 0 Å². The van der Waals surface area contributed by atoms with E-state index >= 15 is 0 Å². The SMILES string of the molecule is CN=C(C)/C=C\c1cccc(NC(=O)c2cccc(C(=O)Nc3ccc4nc(C)ccc4c3)c2)c1. The first-order valence-corrected chi connectivity index (χ1v) is 11.2. The normalized spacial score (nSPS) is 11.6. The van der Waals surface area contributed by atoms with E-state index in [0.29, 0.717) is 22.5 Å². The molecule has 1 aromatic heterocycles. The maximum absolute atomic E-state index is 12.9. The van der Waals surface area contributed by atoms with Crippen LogP contribution < -0.4 is 10.6 Å². The first-order chi connectivity index (χ1) is 16.9. The zero-order chi connectivity index (χ0) is 24.8. The molecule has 6 heteroatoms. The number of rotatable bonds is 6. The smallest absolute Gasteiger partial charge is 0.255 e. The van der Waals surface area contributed by atoms with Crippen LogP contribution >= 0.6 is 0 Å². The van der Waals surface area contributed by atoms with Gasteiger partial charge >= 0.3 is 0 Å². The van der Waals surface area contributed by atoms with Gasteiger partial charge in [-0.05, 0) is 80.1 Å². The highest BCUT2D eigenvalue weighted by molar-refractivity contribution is 6.09. The van der Waals surface area contributed by atoms with Gasteiger partial charge in [-0.15, -0.1) is 0 Å². The lowest BCUT2D eigenvalue weighted by molar-refractivity contribution is 0.102. The van der Waals surface area contributed by atoms with Crippen molar-refractivity contribution in [2.45, 2.75) is 13.8 Å². The second-order valence-corrected chi connectivity index (χ2v) is 8.17. The Hall–Kier alpha value is -4.58. The Labute approximate surface area is 204 Å². The first kappa shape index (κ1) is 23.6. The number of aromatic nitrogens is 1. The number of fused-ring (bicyclic) bond motifs is 1. The molecule has 0 aliphatic heterocycles. The van der Waals surface area contributed by atoms with Crippen molar-refractivity contribution in [3.63, 3.8) is 0 Å². The topological polar surface area (TPSA) is 83.5 Å². The van der Waals surface area contributed by atoms with Gasteiger partial charge in [-0.1, -0.05) is 30.3 Å². The molecule has 0 aliphatic carbocycles. The van der Waals surface area contributed by atoms with E-state index in [0.717, 1.165) is 27.9 Å². The molecule has 35 heavy (non-hydrogen) atoms. The van der Waals surface area contributed by atoms with Crippen molar-refractivity contribution in [3.8, 4) is 0 Å². The van der Waals surface area contributed by atoms with Gasteiger partial charge in [-0.2, -0.15) is 0 Å². The molecule has 4 aromatic rings. The van der Waals surface area contributed by atoms with Gasteiger partial charge in [0, 0.05) is 46.3 Å². The lowest BCUT2D eigenvalue weighted by Crippen LogP contribution is -2.15. The molecular formula is C29H26N4O2. The molecule has 174 valence electrons. The summed E-state index contributed by atoms with van der Waals surface area (Å²) in [7, 11) is 1.74. The molecule has 0 atom stereocenters. The third-order valence-electron chi connectivity index (χ3n) is 5.49. The highest BCUT2D eigenvalue weighted by atomic mass is 16.2. The second kappa shape index (κ2) is 10.6. The third kappa shape index (κ3) is 6.06. The van der Waals surface area contributed by atoms with Crippen LogP contribution in [0.3, 0.4) is 0 Å². The van der Waals surface area contributed by atoms with E-state index in [1.54, 1.807) is 31.3 Å². The minimum Gasteiger partial charge on any atom is -0.322 e. The van der Waals surface area contributed by atoms with E-state index < -0.39 is 0 Å². The molecule has 0 spiro atoms. The minimum absolute atomic E-state index is 0.292. The number of nitrogens with zero attached hydrogens (tertiary/aromatic N) is 2. The minimum atomic E-state index is -0.292. The van der Waals surface area contributed by atoms with Crippen LogP contribution in [0.4, 0.5) is 11.4 Å². The number of allylic oxidation sites excluding steroid dienone is 1. The Morgan fingerprint density at radius 3 is 2.23 bits per heavy atom. The Balaban J connectivity index is 1.46. The molecule has 0 fully saturated rings. The fourth-order valence-corrected chi connectivity index (χ4v) is 3.52. The monoisotopic (exact) mass is 462 g/mol. The largest absolute Gasteiger partial charge is 0.322 e. The fraction of sp³-hybridized carbons (Fsp3) is 0.103. The zero-order valence-electron chi connectivity index (χ0n) is 19.9. The molecule has 0 saturated carbocycles. The maximum atomic E-state index is 12.9. The number of amides is 2. The van der Waals surface area contributed by atoms with Crippen molar-refractivity contribution in [2.24, 2.45) is 4.99 Å². The molecule has 0 bridgehead atoms. The molecule has 0 saturated heterocycles. The number of aryl methyl sites for hydroxylation is 1. The van der Waals surface area contributed by atoms with Gasteiger partial charge in [-0.25, -0.2) is 0 Å². The molecule has 0 unspecified atom stereocenters. The van der Waals surface area contributed by atoms with Gasteiger partial charge in [-0.3, -0.25) is 19.6 Å². The van der Waals surface area contributed by atoms with Crippen molar-refractivity contribution in [1.82, 2.24) is 4.98 Å². The van der Waals surface area contributed by atoms with E-state index in [9.17, 15) is 9.59 Å². The van der Waals surface area contributed by atoms with Crippen LogP contribution in [0.5, 0.6) is 0 Å². The first-order valence-electron chi connectivity index (χ1n) is 11.2. The summed E-state index contributed by atoms with van der Waals surface area (Å²) in [4.78, 5) is 34.3. The van der Waals surface area contributed by atoms with Crippen molar-refractivity contribution in [2.75, 3.05) is 17.7 Å². The number of carbonyl (C=O) groups is 2. The fourth-order valence-electron chi connectivity index (χ4n) is 3.52. The predicted octanol–water partition coefficient (Wildman–Crippen LogP) is 6.15. The number of hydrogen-bond acceptors (Lipinski definition) is 4. The van der Waals surface area contributed by atoms with Crippen molar-refractivity contribution >= 4 is 45.9 Å². The van der Waals surface area contributed by atoms with Gasteiger partial charge in [0.2, 0.25) is 0 Å². The number of benzene rings is 3. The summed E-state index contributed by atoms with van der Waals surface area (Å²) in [5.74, 6) is -0.585. The Morgan fingerprint density at radius 2 is 1.51 bits per heavy atom. The molecule has 1 heterocycles. The van der Waals surface area contributed by atoms with Crippen LogP contribution in [0, 0.1) is 6.92 Å². The lowest BCUT2D eigenvalue weighted by atomic mass is 10.1. The van der Waals surface area contributed by atoms with E-state index in [4.69, 9.17) is 0 Å². The molecule has 2 N–H and O–H groups in total. The van der Waals surface area contributed by atoms with Gasteiger partial charge in [0.15, 0.2) is 0 Å². The number of nitrogens with one attached hydrogen (secondary N) is 2. The number of carbonyl (C=O) groups excluding carboxylic acids is 2. The summed E-state index contributed by atoms with van der Waals surface area (Å²) in [6.07, 6.45) is 3.85. The summed E-state index contributed by atoms with van der Waals surface area (Å²) in [6.45, 7) is 3.86. The van der Waals surface area contributed by atoms with Gasteiger partial charge in [0.25, 0.3) is 11.8 Å². The Kier molecular flexibility index (Phi) is 7.12. The molecule has 2 amide bonds. The van der Waals surface area contributed by atoms with E-state index in [1.165, 1.54) is 0 Å². The van der Waals surface area contributed by atoms with Crippen molar-refractivity contribution in [1.29, 1.82) is 0 Å². The molecule has 0 aliphatic rings. The summed E-state index contributed by atoms with van der Waals surface area (Å²) in [5.41, 5.74) is 5.78. The maximum Gasteiger partial charge on any atom is 0.255 e. The van der Waals surface area contributed by atoms with Crippen molar-refractivity contribution < 1.29 is 9.59 Å². The summed E-state index contributed by atoms with van der Waals surface area (Å²) >= 11 is 0. The molecule has 4 rings (SSSR count). The highest BCUT2D eigenvalue weighted by Crippen LogP contribution is 2.19.